The van der Waals surface area contributed by atoms with Gasteiger partial charge in [0.1, 0.15) is 11.9 Å². The zero-order valence-corrected chi connectivity index (χ0v) is 15.4. The quantitative estimate of drug-likeness (QED) is 0.845. The molecule has 2 amide bonds. The van der Waals surface area contributed by atoms with Crippen LogP contribution in [-0.2, 0) is 4.79 Å². The van der Waals surface area contributed by atoms with Crippen LogP contribution in [0.15, 0.2) is 42.5 Å². The molecule has 2 N–H and O–H groups in total. The van der Waals surface area contributed by atoms with E-state index in [9.17, 15) is 23.9 Å². The number of anilines is 1. The van der Waals surface area contributed by atoms with E-state index < -0.39 is 23.7 Å². The number of halogens is 1. The Morgan fingerprint density at radius 3 is 2.64 bits per heavy atom. The SMILES string of the molecule is Cc1cc(F)ccc1C(=O)Nc1cccc(C(=O)N2CCCCC2C(=O)O)c1. The molecule has 7 heteroatoms. The number of piperidine rings is 1. The van der Waals surface area contributed by atoms with Gasteiger partial charge in [0.15, 0.2) is 0 Å². The predicted octanol–water partition coefficient (Wildman–Crippen LogP) is 3.47. The van der Waals surface area contributed by atoms with Gasteiger partial charge in [-0.3, -0.25) is 9.59 Å². The molecule has 0 aliphatic carbocycles. The van der Waals surface area contributed by atoms with Gasteiger partial charge >= 0.3 is 5.97 Å². The third-order valence-electron chi connectivity index (χ3n) is 4.85. The van der Waals surface area contributed by atoms with E-state index in [4.69, 9.17) is 0 Å². The minimum atomic E-state index is -1.01. The summed E-state index contributed by atoms with van der Waals surface area (Å²) >= 11 is 0. The van der Waals surface area contributed by atoms with E-state index >= 15 is 0 Å². The summed E-state index contributed by atoms with van der Waals surface area (Å²) in [5, 5.41) is 12.1. The second-order valence-electron chi connectivity index (χ2n) is 6.84. The number of carbonyl (C=O) groups is 3. The first-order valence-corrected chi connectivity index (χ1v) is 9.08. The lowest BCUT2D eigenvalue weighted by atomic mass is 10.0. The van der Waals surface area contributed by atoms with Crippen LogP contribution in [0.25, 0.3) is 0 Å². The summed E-state index contributed by atoms with van der Waals surface area (Å²) in [5.74, 6) is -2.22. The van der Waals surface area contributed by atoms with Crippen LogP contribution >= 0.6 is 0 Å². The molecule has 2 aromatic rings. The maximum Gasteiger partial charge on any atom is 0.326 e. The highest BCUT2D eigenvalue weighted by Crippen LogP contribution is 2.22. The van der Waals surface area contributed by atoms with Gasteiger partial charge in [0.05, 0.1) is 0 Å². The Morgan fingerprint density at radius 2 is 1.93 bits per heavy atom. The molecular weight excluding hydrogens is 363 g/mol. The van der Waals surface area contributed by atoms with Gasteiger partial charge in [-0.2, -0.15) is 0 Å². The van der Waals surface area contributed by atoms with Gasteiger partial charge in [0, 0.05) is 23.4 Å². The molecule has 1 aliphatic rings. The number of likely N-dealkylation sites (tertiary alicyclic amines) is 1. The Hall–Kier alpha value is -3.22. The van der Waals surface area contributed by atoms with Crippen molar-refractivity contribution in [3.63, 3.8) is 0 Å². The number of benzene rings is 2. The van der Waals surface area contributed by atoms with E-state index in [2.05, 4.69) is 5.32 Å². The molecule has 0 spiro atoms. The number of hydrogen-bond acceptors (Lipinski definition) is 3. The lowest BCUT2D eigenvalue weighted by molar-refractivity contribution is -0.143. The van der Waals surface area contributed by atoms with Crippen molar-refractivity contribution in [2.75, 3.05) is 11.9 Å². The number of nitrogens with zero attached hydrogens (tertiary/aromatic N) is 1. The molecule has 3 rings (SSSR count). The molecule has 0 aromatic heterocycles. The van der Waals surface area contributed by atoms with Crippen LogP contribution in [0.2, 0.25) is 0 Å². The topological polar surface area (TPSA) is 86.7 Å². The van der Waals surface area contributed by atoms with Crippen LogP contribution in [0.3, 0.4) is 0 Å². The minimum absolute atomic E-state index is 0.307. The highest BCUT2D eigenvalue weighted by Gasteiger charge is 2.32. The number of aliphatic carboxylic acids is 1. The zero-order chi connectivity index (χ0) is 20.3. The van der Waals surface area contributed by atoms with Crippen molar-refractivity contribution >= 4 is 23.5 Å². The van der Waals surface area contributed by atoms with Crippen molar-refractivity contribution in [1.82, 2.24) is 4.90 Å². The fraction of sp³-hybridized carbons (Fsp3) is 0.286. The number of hydrogen-bond donors (Lipinski definition) is 2. The van der Waals surface area contributed by atoms with Crippen LogP contribution in [0, 0.1) is 12.7 Å². The Morgan fingerprint density at radius 1 is 1.14 bits per heavy atom. The summed E-state index contributed by atoms with van der Waals surface area (Å²) in [6, 6.07) is 9.43. The Kier molecular flexibility index (Phi) is 5.73. The fourth-order valence-corrected chi connectivity index (χ4v) is 3.41. The smallest absolute Gasteiger partial charge is 0.326 e. The molecule has 1 aliphatic heterocycles. The normalized spacial score (nSPS) is 16.5. The van der Waals surface area contributed by atoms with Crippen molar-refractivity contribution in [1.29, 1.82) is 0 Å². The molecule has 6 nitrogen and oxygen atoms in total. The average Bonchev–Trinajstić information content (AvgIpc) is 2.67. The van der Waals surface area contributed by atoms with Crippen LogP contribution in [-0.4, -0.2) is 40.4 Å². The van der Waals surface area contributed by atoms with Crippen LogP contribution in [0.1, 0.15) is 45.5 Å². The Labute approximate surface area is 162 Å². The molecule has 1 atom stereocenters. The number of carboxylic acid groups (broad SMARTS) is 1. The third-order valence-corrected chi connectivity index (χ3v) is 4.85. The molecule has 1 heterocycles. The molecular formula is C21H21FN2O4. The number of nitrogens with one attached hydrogen (secondary N) is 1. The van der Waals surface area contributed by atoms with Gasteiger partial charge in [-0.25, -0.2) is 9.18 Å². The van der Waals surface area contributed by atoms with Gasteiger partial charge in [-0.1, -0.05) is 6.07 Å². The number of rotatable bonds is 4. The first-order valence-electron chi connectivity index (χ1n) is 9.08. The van der Waals surface area contributed by atoms with E-state index in [1.807, 2.05) is 0 Å². The zero-order valence-electron chi connectivity index (χ0n) is 15.4. The summed E-state index contributed by atoms with van der Waals surface area (Å²) in [7, 11) is 0. The molecule has 1 saturated heterocycles. The van der Waals surface area contributed by atoms with E-state index in [1.54, 1.807) is 25.1 Å². The van der Waals surface area contributed by atoms with Crippen molar-refractivity contribution in [2.24, 2.45) is 0 Å². The largest absolute Gasteiger partial charge is 0.480 e. The third kappa shape index (κ3) is 4.19. The molecule has 28 heavy (non-hydrogen) atoms. The van der Waals surface area contributed by atoms with Crippen LogP contribution in [0.4, 0.5) is 10.1 Å². The number of amides is 2. The molecule has 0 radical (unpaired) electrons. The Balaban J connectivity index is 1.79. The number of carbonyl (C=O) groups excluding carboxylic acids is 2. The lowest BCUT2D eigenvalue weighted by Gasteiger charge is -2.33. The predicted molar refractivity (Wildman–Crippen MR) is 102 cm³/mol. The second kappa shape index (κ2) is 8.21. The summed E-state index contributed by atoms with van der Waals surface area (Å²) < 4.78 is 13.2. The molecule has 2 aromatic carbocycles. The van der Waals surface area contributed by atoms with Gasteiger partial charge < -0.3 is 15.3 Å². The van der Waals surface area contributed by atoms with Crippen molar-refractivity contribution < 1.29 is 23.9 Å². The van der Waals surface area contributed by atoms with E-state index in [0.717, 1.165) is 12.8 Å². The average molecular weight is 384 g/mol. The highest BCUT2D eigenvalue weighted by atomic mass is 19.1. The lowest BCUT2D eigenvalue weighted by Crippen LogP contribution is -2.48. The first-order chi connectivity index (χ1) is 13.4. The first kappa shape index (κ1) is 19.5. The maximum atomic E-state index is 13.2. The summed E-state index contributed by atoms with van der Waals surface area (Å²) in [6.45, 7) is 2.03. The monoisotopic (exact) mass is 384 g/mol. The van der Waals surface area contributed by atoms with Gasteiger partial charge in [-0.15, -0.1) is 0 Å². The van der Waals surface area contributed by atoms with Gasteiger partial charge in [-0.05, 0) is 68.1 Å². The van der Waals surface area contributed by atoms with Crippen LogP contribution < -0.4 is 5.32 Å². The number of carboxylic acids is 1. The van der Waals surface area contributed by atoms with Crippen LogP contribution in [0.5, 0.6) is 0 Å². The van der Waals surface area contributed by atoms with E-state index in [-0.39, 0.29) is 5.91 Å². The van der Waals surface area contributed by atoms with Crippen molar-refractivity contribution in [2.45, 2.75) is 32.2 Å². The standard InChI is InChI=1S/C21H21FN2O4/c1-13-11-15(22)8-9-17(13)19(25)23-16-6-4-5-14(12-16)20(26)24-10-3-2-7-18(24)21(27)28/h4-6,8-9,11-12,18H,2-3,7,10H2,1H3,(H,23,25)(H,27,28). The van der Waals surface area contributed by atoms with E-state index in [0.29, 0.717) is 35.3 Å². The summed E-state index contributed by atoms with van der Waals surface area (Å²) in [4.78, 5) is 38.1. The van der Waals surface area contributed by atoms with Gasteiger partial charge in [0.25, 0.3) is 11.8 Å². The second-order valence-corrected chi connectivity index (χ2v) is 6.84. The van der Waals surface area contributed by atoms with Crippen molar-refractivity contribution in [3.05, 3.63) is 65.0 Å². The summed E-state index contributed by atoms with van der Waals surface area (Å²) in [5.41, 5.74) is 1.55. The minimum Gasteiger partial charge on any atom is -0.480 e. The number of aryl methyl sites for hydroxylation is 1. The fourth-order valence-electron chi connectivity index (χ4n) is 3.41. The molecule has 146 valence electrons. The maximum absolute atomic E-state index is 13.2. The molecule has 1 fully saturated rings. The molecule has 0 bridgehead atoms. The van der Waals surface area contributed by atoms with Crippen molar-refractivity contribution in [3.8, 4) is 0 Å². The summed E-state index contributed by atoms with van der Waals surface area (Å²) in [6.07, 6.45) is 1.96. The molecule has 0 saturated carbocycles. The highest BCUT2D eigenvalue weighted by molar-refractivity contribution is 6.06. The van der Waals surface area contributed by atoms with E-state index in [1.165, 1.54) is 29.2 Å². The van der Waals surface area contributed by atoms with Gasteiger partial charge in [0.2, 0.25) is 0 Å². The Bertz CT molecular complexity index is 928. The molecule has 1 unspecified atom stereocenters.